The van der Waals surface area contributed by atoms with Gasteiger partial charge < -0.3 is 0 Å². The van der Waals surface area contributed by atoms with E-state index in [1.165, 1.54) is 22.3 Å². The van der Waals surface area contributed by atoms with E-state index in [4.69, 9.17) is 0 Å². The van der Waals surface area contributed by atoms with Crippen LogP contribution in [0, 0.1) is 0 Å². The quantitative estimate of drug-likeness (QED) is 0.369. The highest BCUT2D eigenvalue weighted by atomic mass is 13.9. The zero-order chi connectivity index (χ0) is 16.5. The molecule has 0 unspecified atom stereocenters. The van der Waals surface area contributed by atoms with Crippen molar-refractivity contribution in [2.45, 2.75) is 0 Å². The van der Waals surface area contributed by atoms with Gasteiger partial charge in [-0.25, -0.2) is 0 Å². The van der Waals surface area contributed by atoms with Gasteiger partial charge in [0.05, 0.1) is 0 Å². The predicted octanol–water partition coefficient (Wildman–Crippen LogP) is 6.58. The van der Waals surface area contributed by atoms with Gasteiger partial charge in [0.25, 0.3) is 0 Å². The molecule has 116 valence electrons. The lowest BCUT2D eigenvalue weighted by molar-refractivity contribution is 1.62. The molecule has 3 rings (SSSR count). The summed E-state index contributed by atoms with van der Waals surface area (Å²) >= 11 is 0. The summed E-state index contributed by atoms with van der Waals surface area (Å²) in [7, 11) is 0. The Balaban J connectivity index is 1.59. The summed E-state index contributed by atoms with van der Waals surface area (Å²) in [6.45, 7) is 0. The van der Waals surface area contributed by atoms with E-state index in [9.17, 15) is 0 Å². The van der Waals surface area contributed by atoms with Crippen molar-refractivity contribution in [3.05, 3.63) is 119 Å². The highest BCUT2D eigenvalue weighted by Crippen LogP contribution is 2.11. The van der Waals surface area contributed by atoms with Gasteiger partial charge in [0.15, 0.2) is 0 Å². The van der Waals surface area contributed by atoms with Gasteiger partial charge in [-0.15, -0.1) is 0 Å². The van der Waals surface area contributed by atoms with Crippen LogP contribution in [0.5, 0.6) is 0 Å². The van der Waals surface area contributed by atoms with Crippen molar-refractivity contribution in [2.24, 2.45) is 0 Å². The zero-order valence-corrected chi connectivity index (χ0v) is 13.5. The third kappa shape index (κ3) is 4.96. The molecule has 3 aromatic carbocycles. The first-order valence-electron chi connectivity index (χ1n) is 8.13. The highest BCUT2D eigenvalue weighted by molar-refractivity contribution is 5.70. The summed E-state index contributed by atoms with van der Waals surface area (Å²) < 4.78 is 0. The van der Waals surface area contributed by atoms with Gasteiger partial charge in [-0.1, -0.05) is 121 Å². The molecule has 0 aliphatic carbocycles. The van der Waals surface area contributed by atoms with Crippen molar-refractivity contribution >= 4 is 24.3 Å². The van der Waals surface area contributed by atoms with Crippen LogP contribution in [0.2, 0.25) is 0 Å². The zero-order valence-electron chi connectivity index (χ0n) is 13.5. The van der Waals surface area contributed by atoms with Crippen LogP contribution in [0.1, 0.15) is 22.3 Å². The fraction of sp³-hybridized carbons (Fsp3) is 0. The Labute approximate surface area is 144 Å². The maximum Gasteiger partial charge on any atom is -0.0256 e. The molecule has 0 radical (unpaired) electrons. The molecule has 0 aromatic heterocycles. The lowest BCUT2D eigenvalue weighted by Gasteiger charge is -1.96. The van der Waals surface area contributed by atoms with E-state index < -0.39 is 0 Å². The molecule has 0 fully saturated rings. The maximum atomic E-state index is 2.14. The lowest BCUT2D eigenvalue weighted by atomic mass is 10.1. The molecule has 0 saturated carbocycles. The Morgan fingerprint density at radius 3 is 1.12 bits per heavy atom. The lowest BCUT2D eigenvalue weighted by Crippen LogP contribution is -1.75. The van der Waals surface area contributed by atoms with Crippen LogP contribution in [-0.2, 0) is 0 Å². The fourth-order valence-electron chi connectivity index (χ4n) is 2.37. The monoisotopic (exact) mass is 308 g/mol. The van der Waals surface area contributed by atoms with Crippen molar-refractivity contribution in [3.8, 4) is 0 Å². The molecule has 0 bridgehead atoms. The SMILES string of the molecule is C(C=Cc1ccc(C=Cc2ccccc2)cc1)=Cc1ccccc1. The minimum atomic E-state index is 1.20. The molecule has 0 atom stereocenters. The topological polar surface area (TPSA) is 0 Å². The molecular weight excluding hydrogens is 288 g/mol. The third-order valence-electron chi connectivity index (χ3n) is 3.69. The molecular formula is C24H20. The number of hydrogen-bond acceptors (Lipinski definition) is 0. The first kappa shape index (κ1) is 15.8. The average molecular weight is 308 g/mol. The summed E-state index contributed by atoms with van der Waals surface area (Å²) in [6.07, 6.45) is 12.6. The van der Waals surface area contributed by atoms with Gasteiger partial charge in [-0.05, 0) is 22.3 Å². The summed E-state index contributed by atoms with van der Waals surface area (Å²) in [5.74, 6) is 0. The molecule has 0 heteroatoms. The fourth-order valence-corrected chi connectivity index (χ4v) is 2.37. The van der Waals surface area contributed by atoms with Crippen molar-refractivity contribution in [2.75, 3.05) is 0 Å². The molecule has 0 heterocycles. The normalized spacial score (nSPS) is 11.7. The van der Waals surface area contributed by atoms with Crippen LogP contribution in [-0.4, -0.2) is 0 Å². The van der Waals surface area contributed by atoms with Gasteiger partial charge in [0, 0.05) is 0 Å². The van der Waals surface area contributed by atoms with Crippen LogP contribution in [0.3, 0.4) is 0 Å². The highest BCUT2D eigenvalue weighted by Gasteiger charge is 1.89. The predicted molar refractivity (Wildman–Crippen MR) is 106 cm³/mol. The average Bonchev–Trinajstić information content (AvgIpc) is 2.66. The van der Waals surface area contributed by atoms with Crippen LogP contribution in [0.25, 0.3) is 24.3 Å². The minimum absolute atomic E-state index is 1.20. The molecule has 3 aromatic rings. The van der Waals surface area contributed by atoms with Gasteiger partial charge in [-0.2, -0.15) is 0 Å². The minimum Gasteiger partial charge on any atom is -0.0622 e. The summed E-state index contributed by atoms with van der Waals surface area (Å²) in [6, 6.07) is 29.2. The van der Waals surface area contributed by atoms with E-state index in [1.807, 2.05) is 24.3 Å². The first-order chi connectivity index (χ1) is 11.9. The molecule has 0 aliphatic rings. The first-order valence-corrected chi connectivity index (χ1v) is 8.13. The van der Waals surface area contributed by atoms with Gasteiger partial charge in [-0.3, -0.25) is 0 Å². The Morgan fingerprint density at radius 1 is 0.333 bits per heavy atom. The van der Waals surface area contributed by atoms with Crippen molar-refractivity contribution in [1.29, 1.82) is 0 Å². The van der Waals surface area contributed by atoms with Crippen LogP contribution >= 0.6 is 0 Å². The second-order valence-corrected chi connectivity index (χ2v) is 5.54. The Kier molecular flexibility index (Phi) is 5.58. The van der Waals surface area contributed by atoms with E-state index in [2.05, 4.69) is 97.1 Å². The van der Waals surface area contributed by atoms with Crippen LogP contribution < -0.4 is 0 Å². The van der Waals surface area contributed by atoms with Gasteiger partial charge >= 0.3 is 0 Å². The number of hydrogen-bond donors (Lipinski definition) is 0. The molecule has 0 spiro atoms. The van der Waals surface area contributed by atoms with Crippen molar-refractivity contribution in [1.82, 2.24) is 0 Å². The van der Waals surface area contributed by atoms with E-state index in [0.29, 0.717) is 0 Å². The van der Waals surface area contributed by atoms with Crippen LogP contribution in [0.4, 0.5) is 0 Å². The number of benzene rings is 3. The molecule has 0 N–H and O–H groups in total. The maximum absolute atomic E-state index is 2.14. The largest absolute Gasteiger partial charge is 0.0622 e. The molecule has 0 amide bonds. The number of rotatable bonds is 5. The van der Waals surface area contributed by atoms with E-state index >= 15 is 0 Å². The van der Waals surface area contributed by atoms with Crippen molar-refractivity contribution < 1.29 is 0 Å². The van der Waals surface area contributed by atoms with E-state index in [1.54, 1.807) is 0 Å². The van der Waals surface area contributed by atoms with Crippen LogP contribution in [0.15, 0.2) is 97.1 Å². The molecule has 24 heavy (non-hydrogen) atoms. The number of allylic oxidation sites excluding steroid dienone is 2. The second-order valence-electron chi connectivity index (χ2n) is 5.54. The molecule has 0 aliphatic heterocycles. The Bertz CT molecular complexity index is 820. The summed E-state index contributed by atoms with van der Waals surface area (Å²) in [4.78, 5) is 0. The molecule has 0 nitrogen and oxygen atoms in total. The van der Waals surface area contributed by atoms with Crippen molar-refractivity contribution in [3.63, 3.8) is 0 Å². The standard InChI is InChI=1S/C24H20/c1-3-9-21(10-4-1)13-7-8-14-23-16-19-24(20-17-23)18-15-22-11-5-2-6-12-22/h1-20H. The Morgan fingerprint density at radius 2 is 0.667 bits per heavy atom. The van der Waals surface area contributed by atoms with E-state index in [0.717, 1.165) is 0 Å². The van der Waals surface area contributed by atoms with Gasteiger partial charge in [0.1, 0.15) is 0 Å². The smallest absolute Gasteiger partial charge is 0.0256 e. The van der Waals surface area contributed by atoms with E-state index in [-0.39, 0.29) is 0 Å². The summed E-state index contributed by atoms with van der Waals surface area (Å²) in [5.41, 5.74) is 4.83. The van der Waals surface area contributed by atoms with Gasteiger partial charge in [0.2, 0.25) is 0 Å². The Hall–Kier alpha value is -3.12. The summed E-state index contributed by atoms with van der Waals surface area (Å²) in [5, 5.41) is 0. The third-order valence-corrected chi connectivity index (χ3v) is 3.69. The second kappa shape index (κ2) is 8.50. The molecule has 0 saturated heterocycles.